The summed E-state index contributed by atoms with van der Waals surface area (Å²) < 4.78 is 65.5. The molecule has 0 aromatic heterocycles. The van der Waals surface area contributed by atoms with Crippen molar-refractivity contribution in [3.63, 3.8) is 0 Å². The van der Waals surface area contributed by atoms with Crippen LogP contribution in [-0.4, -0.2) is 55.9 Å². The zero-order valence-corrected chi connectivity index (χ0v) is 18.2. The number of benzene rings is 1. The lowest BCUT2D eigenvalue weighted by Gasteiger charge is -2.31. The minimum atomic E-state index is -4.60. The minimum absolute atomic E-state index is 0.107. The smallest absolute Gasteiger partial charge is 0.329 e. The molecule has 0 heterocycles. The molecule has 1 rings (SSSR count). The van der Waals surface area contributed by atoms with Gasteiger partial charge in [-0.25, -0.2) is 8.42 Å². The molecule has 28 heavy (non-hydrogen) atoms. The molecule has 0 atom stereocenters. The summed E-state index contributed by atoms with van der Waals surface area (Å²) in [5, 5.41) is -0.107. The fourth-order valence-electron chi connectivity index (χ4n) is 2.70. The first-order valence-corrected chi connectivity index (χ1v) is 10.6. The van der Waals surface area contributed by atoms with E-state index in [-0.39, 0.29) is 35.1 Å². The topological polar surface area (TPSA) is 57.7 Å². The van der Waals surface area contributed by atoms with Crippen LogP contribution < -0.4 is 0 Å². The average Bonchev–Trinajstić information content (AvgIpc) is 2.52. The van der Waals surface area contributed by atoms with Crippen LogP contribution in [0.2, 0.25) is 5.02 Å². The number of alkyl halides is 3. The molecule has 0 aliphatic carbocycles. The molecule has 1 amide bonds. The number of hydrogen-bond acceptors (Lipinski definition) is 3. The highest BCUT2D eigenvalue weighted by Gasteiger charge is 2.36. The quantitative estimate of drug-likeness (QED) is 0.628. The molecule has 0 saturated carbocycles. The molecule has 160 valence electrons. The van der Waals surface area contributed by atoms with Gasteiger partial charge in [-0.2, -0.15) is 17.5 Å². The van der Waals surface area contributed by atoms with Crippen molar-refractivity contribution in [2.24, 2.45) is 5.41 Å². The van der Waals surface area contributed by atoms with Gasteiger partial charge in [-0.3, -0.25) is 4.79 Å². The second kappa shape index (κ2) is 9.00. The number of sulfonamides is 1. The van der Waals surface area contributed by atoms with Crippen molar-refractivity contribution in [2.45, 2.75) is 45.7 Å². The predicted octanol–water partition coefficient (Wildman–Crippen LogP) is 4.42. The molecule has 1 aromatic rings. The van der Waals surface area contributed by atoms with E-state index in [1.807, 2.05) is 0 Å². The largest absolute Gasteiger partial charge is 0.406 e. The Labute approximate surface area is 169 Å². The Kier molecular flexibility index (Phi) is 7.95. The summed E-state index contributed by atoms with van der Waals surface area (Å²) in [4.78, 5) is 13.3. The van der Waals surface area contributed by atoms with Crippen LogP contribution in [0.5, 0.6) is 0 Å². The molecule has 0 radical (unpaired) electrons. The average molecular weight is 443 g/mol. The molecule has 10 heteroatoms. The minimum Gasteiger partial charge on any atom is -0.329 e. The third kappa shape index (κ3) is 6.63. The van der Waals surface area contributed by atoms with E-state index in [1.165, 1.54) is 16.4 Å². The van der Waals surface area contributed by atoms with Gasteiger partial charge in [0, 0.05) is 19.6 Å². The third-order valence-corrected chi connectivity index (χ3v) is 6.21. The molecule has 5 nitrogen and oxygen atoms in total. The molecule has 0 fully saturated rings. The number of rotatable bonds is 7. The van der Waals surface area contributed by atoms with Crippen molar-refractivity contribution in [3.05, 3.63) is 28.8 Å². The first kappa shape index (κ1) is 24.7. The lowest BCUT2D eigenvalue weighted by atomic mass is 9.95. The fraction of sp³-hybridized carbons (Fsp3) is 0.611. The van der Waals surface area contributed by atoms with Gasteiger partial charge in [0.1, 0.15) is 6.54 Å². The number of halogens is 4. The van der Waals surface area contributed by atoms with Crippen LogP contribution >= 0.6 is 11.6 Å². The lowest BCUT2D eigenvalue weighted by Crippen LogP contribution is -2.43. The Hall–Kier alpha value is -1.32. The van der Waals surface area contributed by atoms with E-state index < -0.39 is 34.1 Å². The van der Waals surface area contributed by atoms with Crippen LogP contribution in [-0.2, 0) is 10.0 Å². The summed E-state index contributed by atoms with van der Waals surface area (Å²) in [7, 11) is -3.89. The van der Waals surface area contributed by atoms with E-state index in [2.05, 4.69) is 0 Å². The third-order valence-electron chi connectivity index (χ3n) is 3.83. The van der Waals surface area contributed by atoms with Crippen LogP contribution in [0.25, 0.3) is 0 Å². The number of carbonyl (C=O) groups excluding carboxylic acids is 1. The molecule has 0 bridgehead atoms. The van der Waals surface area contributed by atoms with Crippen molar-refractivity contribution < 1.29 is 26.4 Å². The van der Waals surface area contributed by atoms with Crippen molar-refractivity contribution in [3.8, 4) is 0 Å². The molecule has 0 saturated heterocycles. The zero-order chi connectivity index (χ0) is 21.9. The number of hydrogen-bond donors (Lipinski definition) is 0. The Morgan fingerprint density at radius 2 is 1.61 bits per heavy atom. The van der Waals surface area contributed by atoms with E-state index in [9.17, 15) is 26.4 Å². The molecule has 0 aliphatic rings. The van der Waals surface area contributed by atoms with Crippen LogP contribution in [0.15, 0.2) is 23.1 Å². The van der Waals surface area contributed by atoms with Crippen LogP contribution in [0, 0.1) is 5.41 Å². The fourth-order valence-corrected chi connectivity index (χ4v) is 4.38. The monoisotopic (exact) mass is 442 g/mol. The summed E-state index contributed by atoms with van der Waals surface area (Å²) in [5.41, 5.74) is -0.874. The van der Waals surface area contributed by atoms with Crippen molar-refractivity contribution in [1.29, 1.82) is 0 Å². The van der Waals surface area contributed by atoms with Crippen molar-refractivity contribution >= 4 is 27.5 Å². The molecule has 0 unspecified atom stereocenters. The Balaban J connectivity index is 3.41. The van der Waals surface area contributed by atoms with Crippen LogP contribution in [0.1, 0.15) is 45.0 Å². The standard InChI is InChI=1S/C18H26ClF3N2O3S/c1-6-24(7-2)28(26,27)13-8-9-15(19)14(10-13)16(25)23(11-17(3,4)5)12-18(20,21)22/h8-10H,6-7,11-12H2,1-5H3. The summed E-state index contributed by atoms with van der Waals surface area (Å²) in [5.74, 6) is -0.964. The molecule has 1 aromatic carbocycles. The predicted molar refractivity (Wildman–Crippen MR) is 103 cm³/mol. The van der Waals surface area contributed by atoms with Gasteiger partial charge in [0.15, 0.2) is 0 Å². The maximum Gasteiger partial charge on any atom is 0.406 e. The van der Waals surface area contributed by atoms with Gasteiger partial charge in [0.25, 0.3) is 5.91 Å². The summed E-state index contributed by atoms with van der Waals surface area (Å²) in [6, 6.07) is 3.50. The summed E-state index contributed by atoms with van der Waals surface area (Å²) in [6.07, 6.45) is -4.60. The SMILES string of the molecule is CCN(CC)S(=O)(=O)c1ccc(Cl)c(C(=O)N(CC(C)(C)C)CC(F)(F)F)c1. The first-order valence-electron chi connectivity index (χ1n) is 8.78. The van der Waals surface area contributed by atoms with Gasteiger partial charge < -0.3 is 4.90 Å². The number of amides is 1. The van der Waals surface area contributed by atoms with Gasteiger partial charge in [0.05, 0.1) is 15.5 Å². The normalized spacial score (nSPS) is 13.1. The lowest BCUT2D eigenvalue weighted by molar-refractivity contribution is -0.142. The Morgan fingerprint density at radius 1 is 1.07 bits per heavy atom. The Bertz CT molecular complexity index is 785. The van der Waals surface area contributed by atoms with E-state index in [1.54, 1.807) is 34.6 Å². The van der Waals surface area contributed by atoms with Gasteiger partial charge in [-0.15, -0.1) is 0 Å². The Morgan fingerprint density at radius 3 is 2.04 bits per heavy atom. The highest BCUT2D eigenvalue weighted by Crippen LogP contribution is 2.27. The van der Waals surface area contributed by atoms with Gasteiger partial charge >= 0.3 is 6.18 Å². The molecular weight excluding hydrogens is 417 g/mol. The van der Waals surface area contributed by atoms with Crippen LogP contribution in [0.4, 0.5) is 13.2 Å². The number of carbonyl (C=O) groups is 1. The highest BCUT2D eigenvalue weighted by atomic mass is 35.5. The molecule has 0 spiro atoms. The second-order valence-electron chi connectivity index (χ2n) is 7.57. The first-order chi connectivity index (χ1) is 12.6. The van der Waals surface area contributed by atoms with Crippen molar-refractivity contribution in [2.75, 3.05) is 26.2 Å². The van der Waals surface area contributed by atoms with Crippen molar-refractivity contribution in [1.82, 2.24) is 9.21 Å². The zero-order valence-electron chi connectivity index (χ0n) is 16.6. The van der Waals surface area contributed by atoms with Gasteiger partial charge in [0.2, 0.25) is 10.0 Å². The second-order valence-corrected chi connectivity index (χ2v) is 9.91. The molecular formula is C18H26ClF3N2O3S. The van der Waals surface area contributed by atoms with E-state index in [0.717, 1.165) is 6.07 Å². The van der Waals surface area contributed by atoms with E-state index in [0.29, 0.717) is 4.90 Å². The maximum absolute atomic E-state index is 13.0. The molecule has 0 N–H and O–H groups in total. The van der Waals surface area contributed by atoms with Crippen LogP contribution in [0.3, 0.4) is 0 Å². The summed E-state index contributed by atoms with van der Waals surface area (Å²) in [6.45, 7) is 7.24. The maximum atomic E-state index is 13.0. The molecule has 0 aliphatic heterocycles. The van der Waals surface area contributed by atoms with E-state index in [4.69, 9.17) is 11.6 Å². The van der Waals surface area contributed by atoms with Gasteiger partial charge in [-0.1, -0.05) is 46.2 Å². The highest BCUT2D eigenvalue weighted by molar-refractivity contribution is 7.89. The summed E-state index contributed by atoms with van der Waals surface area (Å²) >= 11 is 6.04. The van der Waals surface area contributed by atoms with Gasteiger partial charge in [-0.05, 0) is 23.6 Å². The number of nitrogens with zero attached hydrogens (tertiary/aromatic N) is 2. The van der Waals surface area contributed by atoms with E-state index >= 15 is 0 Å².